The van der Waals surface area contributed by atoms with Crippen LogP contribution in [0.1, 0.15) is 79.1 Å². The summed E-state index contributed by atoms with van der Waals surface area (Å²) in [5.74, 6) is 0.817. The van der Waals surface area contributed by atoms with E-state index in [9.17, 15) is 4.79 Å². The van der Waals surface area contributed by atoms with Crippen LogP contribution in [0.2, 0.25) is 0 Å². The summed E-state index contributed by atoms with van der Waals surface area (Å²) in [6, 6.07) is 1.36. The van der Waals surface area contributed by atoms with Crippen LogP contribution in [0.4, 0.5) is 4.79 Å². The van der Waals surface area contributed by atoms with Crippen LogP contribution in [0.3, 0.4) is 0 Å². The van der Waals surface area contributed by atoms with Crippen molar-refractivity contribution < 1.29 is 9.53 Å². The Morgan fingerprint density at radius 3 is 2.20 bits per heavy atom. The first-order valence-corrected chi connectivity index (χ1v) is 10.3. The van der Waals surface area contributed by atoms with Gasteiger partial charge in [0.2, 0.25) is 0 Å². The maximum absolute atomic E-state index is 11.9. The molecule has 5 nitrogen and oxygen atoms in total. The third kappa shape index (κ3) is 7.14. The maximum Gasteiger partial charge on any atom is 0.407 e. The molecule has 0 atom stereocenters. The summed E-state index contributed by atoms with van der Waals surface area (Å²) < 4.78 is 5.37. The van der Waals surface area contributed by atoms with Gasteiger partial charge >= 0.3 is 6.09 Å². The minimum atomic E-state index is -0.428. The van der Waals surface area contributed by atoms with Gasteiger partial charge < -0.3 is 20.7 Å². The quantitative estimate of drug-likeness (QED) is 0.791. The van der Waals surface area contributed by atoms with Crippen LogP contribution in [0.25, 0.3) is 0 Å². The van der Waals surface area contributed by atoms with Crippen molar-refractivity contribution in [3.05, 3.63) is 0 Å². The monoisotopic (exact) mass is 353 g/mol. The summed E-state index contributed by atoms with van der Waals surface area (Å²) in [6.45, 7) is 10.3. The second-order valence-electron chi connectivity index (χ2n) is 9.02. The molecule has 2 saturated carbocycles. The average Bonchev–Trinajstić information content (AvgIpc) is 2.53. The number of nitrogens with one attached hydrogen (secondary N) is 1. The molecule has 3 N–H and O–H groups in total. The topological polar surface area (TPSA) is 67.6 Å². The molecule has 2 rings (SSSR count). The van der Waals surface area contributed by atoms with Crippen molar-refractivity contribution in [3.63, 3.8) is 0 Å². The van der Waals surface area contributed by atoms with Crippen LogP contribution in [0, 0.1) is 5.92 Å². The van der Waals surface area contributed by atoms with Crippen molar-refractivity contribution in [2.45, 2.75) is 103 Å². The van der Waals surface area contributed by atoms with Crippen LogP contribution < -0.4 is 11.1 Å². The van der Waals surface area contributed by atoms with Crippen molar-refractivity contribution in [1.82, 2.24) is 10.2 Å². The summed E-state index contributed by atoms with van der Waals surface area (Å²) in [4.78, 5) is 14.6. The van der Waals surface area contributed by atoms with Crippen molar-refractivity contribution in [1.29, 1.82) is 0 Å². The summed E-state index contributed by atoms with van der Waals surface area (Å²) in [6.07, 6.45) is 9.11. The number of hydrogen-bond donors (Lipinski definition) is 2. The van der Waals surface area contributed by atoms with Crippen LogP contribution in [0.5, 0.6) is 0 Å². The highest BCUT2D eigenvalue weighted by Gasteiger charge is 2.29. The zero-order valence-electron chi connectivity index (χ0n) is 16.7. The number of hydrogen-bond acceptors (Lipinski definition) is 4. The van der Waals surface area contributed by atoms with Crippen molar-refractivity contribution >= 4 is 6.09 Å². The van der Waals surface area contributed by atoms with E-state index in [1.807, 2.05) is 20.8 Å². The molecule has 0 aromatic heterocycles. The summed E-state index contributed by atoms with van der Waals surface area (Å²) >= 11 is 0. The Hall–Kier alpha value is -0.810. The molecule has 0 aromatic rings. The normalized spacial score (nSPS) is 31.0. The van der Waals surface area contributed by atoms with Crippen LogP contribution >= 0.6 is 0 Å². The van der Waals surface area contributed by atoms with Gasteiger partial charge in [0, 0.05) is 24.7 Å². The first kappa shape index (κ1) is 20.5. The highest BCUT2D eigenvalue weighted by atomic mass is 16.6. The number of rotatable bonds is 5. The van der Waals surface area contributed by atoms with E-state index in [0.717, 1.165) is 25.3 Å². The van der Waals surface area contributed by atoms with Gasteiger partial charge in [-0.05, 0) is 84.6 Å². The molecule has 0 radical (unpaired) electrons. The molecule has 2 fully saturated rings. The molecule has 2 aliphatic carbocycles. The molecule has 0 saturated heterocycles. The zero-order chi connectivity index (χ0) is 18.4. The second kappa shape index (κ2) is 9.22. The average molecular weight is 354 g/mol. The number of carbonyl (C=O) groups is 1. The third-order valence-electron chi connectivity index (χ3n) is 5.72. The van der Waals surface area contributed by atoms with Gasteiger partial charge in [-0.3, -0.25) is 0 Å². The minimum absolute atomic E-state index is 0.262. The van der Waals surface area contributed by atoms with Crippen molar-refractivity contribution in [2.24, 2.45) is 11.7 Å². The lowest BCUT2D eigenvalue weighted by Gasteiger charge is -2.39. The van der Waals surface area contributed by atoms with Gasteiger partial charge in [-0.2, -0.15) is 0 Å². The molecular weight excluding hydrogens is 314 g/mol. The lowest BCUT2D eigenvalue weighted by Crippen LogP contribution is -2.46. The molecule has 0 spiro atoms. The molecular formula is C20H39N3O2. The fraction of sp³-hybridized carbons (Fsp3) is 0.950. The predicted molar refractivity (Wildman–Crippen MR) is 103 cm³/mol. The van der Waals surface area contributed by atoms with Gasteiger partial charge in [-0.25, -0.2) is 4.79 Å². The highest BCUT2D eigenvalue weighted by Crippen LogP contribution is 2.28. The van der Waals surface area contributed by atoms with Gasteiger partial charge in [0.05, 0.1) is 0 Å². The van der Waals surface area contributed by atoms with Gasteiger partial charge in [0.15, 0.2) is 0 Å². The number of carbonyl (C=O) groups excluding carboxylic acids is 1. The Kier molecular flexibility index (Phi) is 7.56. The number of alkyl carbamates (subject to hydrolysis) is 1. The molecule has 25 heavy (non-hydrogen) atoms. The van der Waals surface area contributed by atoms with Crippen molar-refractivity contribution in [2.75, 3.05) is 13.1 Å². The summed E-state index contributed by atoms with van der Waals surface area (Å²) in [5.41, 5.74) is 5.61. The Balaban J connectivity index is 1.73. The largest absolute Gasteiger partial charge is 0.444 e. The SMILES string of the molecule is CCN(C[C@H]1CC[C@H](N)CC1)[C@H]1CC[C@H](NC(=O)OC(C)(C)C)CC1. The van der Waals surface area contributed by atoms with Crippen molar-refractivity contribution in [3.8, 4) is 0 Å². The van der Waals surface area contributed by atoms with E-state index in [1.54, 1.807) is 0 Å². The predicted octanol–water partition coefficient (Wildman–Crippen LogP) is 3.66. The van der Waals surface area contributed by atoms with E-state index in [1.165, 1.54) is 45.1 Å². The van der Waals surface area contributed by atoms with Crippen LogP contribution in [0.15, 0.2) is 0 Å². The van der Waals surface area contributed by atoms with E-state index in [2.05, 4.69) is 17.1 Å². The molecule has 0 aromatic carbocycles. The lowest BCUT2D eigenvalue weighted by molar-refractivity contribution is 0.0472. The van der Waals surface area contributed by atoms with Gasteiger partial charge in [-0.1, -0.05) is 6.92 Å². The van der Waals surface area contributed by atoms with E-state index in [4.69, 9.17) is 10.5 Å². The number of nitrogens with two attached hydrogens (primary N) is 1. The molecule has 146 valence electrons. The Labute approximate surface area is 154 Å². The molecule has 2 aliphatic rings. The number of ether oxygens (including phenoxy) is 1. The lowest BCUT2D eigenvalue weighted by atomic mass is 9.84. The fourth-order valence-corrected chi connectivity index (χ4v) is 4.30. The smallest absolute Gasteiger partial charge is 0.407 e. The fourth-order valence-electron chi connectivity index (χ4n) is 4.30. The minimum Gasteiger partial charge on any atom is -0.444 e. The van der Waals surface area contributed by atoms with Crippen LogP contribution in [-0.4, -0.2) is 47.8 Å². The molecule has 0 bridgehead atoms. The van der Waals surface area contributed by atoms with E-state index < -0.39 is 5.60 Å². The Morgan fingerprint density at radius 1 is 1.08 bits per heavy atom. The molecule has 0 unspecified atom stereocenters. The van der Waals surface area contributed by atoms with Crippen LogP contribution in [-0.2, 0) is 4.74 Å². The third-order valence-corrected chi connectivity index (χ3v) is 5.72. The molecule has 5 heteroatoms. The standard InChI is InChI=1S/C20H39N3O2/c1-5-23(14-15-6-8-16(21)9-7-15)18-12-10-17(11-13-18)22-19(24)25-20(2,3)4/h15-18H,5-14,21H2,1-4H3,(H,22,24)/t15-,16-,17-,18-. The Morgan fingerprint density at radius 2 is 1.68 bits per heavy atom. The second-order valence-corrected chi connectivity index (χ2v) is 9.02. The van der Waals surface area contributed by atoms with E-state index >= 15 is 0 Å². The van der Waals surface area contributed by atoms with Gasteiger partial charge in [0.25, 0.3) is 0 Å². The molecule has 0 aliphatic heterocycles. The number of amides is 1. The Bertz CT molecular complexity index is 406. The first-order chi connectivity index (χ1) is 11.8. The molecule has 1 amide bonds. The first-order valence-electron chi connectivity index (χ1n) is 10.3. The maximum atomic E-state index is 11.9. The number of nitrogens with zero attached hydrogens (tertiary/aromatic N) is 1. The van der Waals surface area contributed by atoms with Gasteiger partial charge in [-0.15, -0.1) is 0 Å². The highest BCUT2D eigenvalue weighted by molar-refractivity contribution is 5.68. The summed E-state index contributed by atoms with van der Waals surface area (Å²) in [5, 5.41) is 3.05. The summed E-state index contributed by atoms with van der Waals surface area (Å²) in [7, 11) is 0. The van der Waals surface area contributed by atoms with Gasteiger partial charge in [0.1, 0.15) is 5.60 Å². The van der Waals surface area contributed by atoms with E-state index in [-0.39, 0.29) is 12.1 Å². The van der Waals surface area contributed by atoms with E-state index in [0.29, 0.717) is 12.1 Å². The zero-order valence-corrected chi connectivity index (χ0v) is 16.7. The molecule has 0 heterocycles.